The van der Waals surface area contributed by atoms with E-state index in [-0.39, 0.29) is 5.92 Å². The lowest BCUT2D eigenvalue weighted by molar-refractivity contribution is -0.0242. The van der Waals surface area contributed by atoms with Crippen molar-refractivity contribution in [3.05, 3.63) is 0 Å². The van der Waals surface area contributed by atoms with Gasteiger partial charge in [0, 0.05) is 6.61 Å². The van der Waals surface area contributed by atoms with E-state index in [9.17, 15) is 0 Å². The van der Waals surface area contributed by atoms with Crippen LogP contribution >= 0.6 is 0 Å². The summed E-state index contributed by atoms with van der Waals surface area (Å²) in [6.07, 6.45) is 2.15. The highest BCUT2D eigenvalue weighted by Gasteiger charge is 2.24. The van der Waals surface area contributed by atoms with Gasteiger partial charge in [-0.2, -0.15) is 5.26 Å². The summed E-state index contributed by atoms with van der Waals surface area (Å²) in [7, 11) is 0. The van der Waals surface area contributed by atoms with Gasteiger partial charge in [0.05, 0.1) is 18.1 Å². The second kappa shape index (κ2) is 3.73. The Kier molecular flexibility index (Phi) is 2.90. The van der Waals surface area contributed by atoms with Crippen LogP contribution in [-0.4, -0.2) is 12.7 Å². The smallest absolute Gasteiger partial charge is 0.0657 e. The molecule has 1 aliphatic rings. The Balaban J connectivity index is 2.41. The maximum Gasteiger partial charge on any atom is 0.0657 e. The molecule has 2 nitrogen and oxygen atoms in total. The summed E-state index contributed by atoms with van der Waals surface area (Å²) in [5, 5.41) is 8.69. The quantitative estimate of drug-likeness (QED) is 0.577. The Morgan fingerprint density at radius 3 is 2.82 bits per heavy atom. The zero-order valence-corrected chi connectivity index (χ0v) is 7.21. The molecular formula is C9H15NO. The molecule has 0 aromatic rings. The van der Waals surface area contributed by atoms with E-state index in [1.54, 1.807) is 0 Å². The molecule has 0 amide bonds. The van der Waals surface area contributed by atoms with Crippen LogP contribution in [0, 0.1) is 23.2 Å². The molecule has 1 aliphatic heterocycles. The van der Waals surface area contributed by atoms with Crippen molar-refractivity contribution in [3.8, 4) is 6.07 Å². The number of nitrogens with zero attached hydrogens (tertiary/aromatic N) is 1. The van der Waals surface area contributed by atoms with Gasteiger partial charge in [-0.25, -0.2) is 0 Å². The first-order chi connectivity index (χ1) is 5.24. The molecule has 0 saturated carbocycles. The summed E-state index contributed by atoms with van der Waals surface area (Å²) >= 11 is 0. The molecule has 0 aromatic heterocycles. The van der Waals surface area contributed by atoms with Gasteiger partial charge in [-0.15, -0.1) is 0 Å². The van der Waals surface area contributed by atoms with Crippen LogP contribution in [0.25, 0.3) is 0 Å². The second-order valence-electron chi connectivity index (χ2n) is 3.50. The first-order valence-corrected chi connectivity index (χ1v) is 4.25. The first-order valence-electron chi connectivity index (χ1n) is 4.25. The van der Waals surface area contributed by atoms with E-state index in [0.717, 1.165) is 19.4 Å². The topological polar surface area (TPSA) is 33.0 Å². The van der Waals surface area contributed by atoms with Crippen molar-refractivity contribution in [1.82, 2.24) is 0 Å². The average molecular weight is 153 g/mol. The largest absolute Gasteiger partial charge is 0.378 e. The highest BCUT2D eigenvalue weighted by molar-refractivity contribution is 4.87. The lowest BCUT2D eigenvalue weighted by Crippen LogP contribution is -2.29. The standard InChI is InChI=1S/C9H15NO/c1-7(2)9-5-8(6-10)3-4-11-9/h7-9H,3-5H2,1-2H3/t8-,9+/m1/s1. The van der Waals surface area contributed by atoms with E-state index in [1.165, 1.54) is 0 Å². The van der Waals surface area contributed by atoms with Crippen LogP contribution < -0.4 is 0 Å². The fourth-order valence-electron chi connectivity index (χ4n) is 1.41. The predicted molar refractivity (Wildman–Crippen MR) is 42.9 cm³/mol. The summed E-state index contributed by atoms with van der Waals surface area (Å²) in [6.45, 7) is 5.05. The van der Waals surface area contributed by atoms with Gasteiger partial charge in [0.25, 0.3) is 0 Å². The number of nitriles is 1. The van der Waals surface area contributed by atoms with Crippen LogP contribution in [0.15, 0.2) is 0 Å². The lowest BCUT2D eigenvalue weighted by atomic mass is 9.91. The number of hydrogen-bond acceptors (Lipinski definition) is 2. The van der Waals surface area contributed by atoms with Crippen molar-refractivity contribution in [1.29, 1.82) is 5.26 Å². The van der Waals surface area contributed by atoms with E-state index < -0.39 is 0 Å². The van der Waals surface area contributed by atoms with Crippen LogP contribution in [0.1, 0.15) is 26.7 Å². The number of hydrogen-bond donors (Lipinski definition) is 0. The van der Waals surface area contributed by atoms with Gasteiger partial charge in [-0.3, -0.25) is 0 Å². The second-order valence-corrected chi connectivity index (χ2v) is 3.50. The van der Waals surface area contributed by atoms with Crippen molar-refractivity contribution in [2.24, 2.45) is 11.8 Å². The molecule has 1 rings (SSSR count). The molecule has 1 saturated heterocycles. The number of rotatable bonds is 1. The Morgan fingerprint density at radius 2 is 2.27 bits per heavy atom. The molecule has 0 N–H and O–H groups in total. The summed E-state index contributed by atoms with van der Waals surface area (Å²) in [4.78, 5) is 0. The lowest BCUT2D eigenvalue weighted by Gasteiger charge is -2.28. The van der Waals surface area contributed by atoms with Crippen LogP contribution in [0.5, 0.6) is 0 Å². The average Bonchev–Trinajstić information content (AvgIpc) is 2.05. The molecule has 0 aromatic carbocycles. The van der Waals surface area contributed by atoms with E-state index in [2.05, 4.69) is 19.9 Å². The van der Waals surface area contributed by atoms with E-state index in [1.807, 2.05) is 0 Å². The minimum atomic E-state index is 0.233. The molecule has 2 heteroatoms. The van der Waals surface area contributed by atoms with Crippen molar-refractivity contribution in [3.63, 3.8) is 0 Å². The molecule has 0 bridgehead atoms. The monoisotopic (exact) mass is 153 g/mol. The van der Waals surface area contributed by atoms with Crippen LogP contribution in [0.4, 0.5) is 0 Å². The van der Waals surface area contributed by atoms with Gasteiger partial charge < -0.3 is 4.74 Å². The maximum absolute atomic E-state index is 8.69. The van der Waals surface area contributed by atoms with E-state index in [0.29, 0.717) is 12.0 Å². The highest BCUT2D eigenvalue weighted by Crippen LogP contribution is 2.23. The van der Waals surface area contributed by atoms with Crippen molar-refractivity contribution in [2.75, 3.05) is 6.61 Å². The summed E-state index contributed by atoms with van der Waals surface area (Å²) in [5.74, 6) is 0.780. The molecule has 0 spiro atoms. The first kappa shape index (κ1) is 8.55. The SMILES string of the molecule is CC(C)[C@@H]1C[C@H](C#N)CCO1. The molecule has 0 unspecified atom stereocenters. The summed E-state index contributed by atoms with van der Waals surface area (Å²) in [5.41, 5.74) is 0. The van der Waals surface area contributed by atoms with Crippen molar-refractivity contribution < 1.29 is 4.74 Å². The van der Waals surface area contributed by atoms with Gasteiger partial charge in [-0.1, -0.05) is 13.8 Å². The van der Waals surface area contributed by atoms with E-state index >= 15 is 0 Å². The third-order valence-corrected chi connectivity index (χ3v) is 2.24. The third kappa shape index (κ3) is 2.20. The van der Waals surface area contributed by atoms with Crippen molar-refractivity contribution in [2.45, 2.75) is 32.8 Å². The van der Waals surface area contributed by atoms with E-state index in [4.69, 9.17) is 10.00 Å². The van der Waals surface area contributed by atoms with Crippen LogP contribution in [-0.2, 0) is 4.74 Å². The molecule has 1 heterocycles. The Labute approximate surface area is 68.2 Å². The molecule has 0 aliphatic carbocycles. The summed E-state index contributed by atoms with van der Waals surface area (Å²) in [6, 6.07) is 2.31. The highest BCUT2D eigenvalue weighted by atomic mass is 16.5. The van der Waals surface area contributed by atoms with Gasteiger partial charge >= 0.3 is 0 Å². The van der Waals surface area contributed by atoms with Crippen LogP contribution in [0.2, 0.25) is 0 Å². The minimum absolute atomic E-state index is 0.233. The Morgan fingerprint density at radius 1 is 1.55 bits per heavy atom. The number of ether oxygens (including phenoxy) is 1. The summed E-state index contributed by atoms with van der Waals surface area (Å²) < 4.78 is 5.52. The zero-order chi connectivity index (χ0) is 8.27. The minimum Gasteiger partial charge on any atom is -0.378 e. The van der Waals surface area contributed by atoms with Crippen LogP contribution in [0.3, 0.4) is 0 Å². The molecular weight excluding hydrogens is 138 g/mol. The van der Waals surface area contributed by atoms with Gasteiger partial charge in [-0.05, 0) is 18.8 Å². The van der Waals surface area contributed by atoms with Gasteiger partial charge in [0.1, 0.15) is 0 Å². The Hall–Kier alpha value is -0.550. The third-order valence-electron chi connectivity index (χ3n) is 2.24. The zero-order valence-electron chi connectivity index (χ0n) is 7.21. The fourth-order valence-corrected chi connectivity index (χ4v) is 1.41. The van der Waals surface area contributed by atoms with Gasteiger partial charge in [0.15, 0.2) is 0 Å². The Bertz CT molecular complexity index is 159. The fraction of sp³-hybridized carbons (Fsp3) is 0.889. The predicted octanol–water partition coefficient (Wildman–Crippen LogP) is 1.96. The van der Waals surface area contributed by atoms with Gasteiger partial charge in [0.2, 0.25) is 0 Å². The van der Waals surface area contributed by atoms with Crippen molar-refractivity contribution >= 4 is 0 Å². The molecule has 2 atom stereocenters. The normalized spacial score (nSPS) is 31.8. The molecule has 1 fully saturated rings. The molecule has 62 valence electrons. The maximum atomic E-state index is 8.69. The molecule has 0 radical (unpaired) electrons. The molecule has 11 heavy (non-hydrogen) atoms.